The molecule has 2 rings (SSSR count). The van der Waals surface area contributed by atoms with E-state index in [0.717, 1.165) is 11.3 Å². The first-order valence-corrected chi connectivity index (χ1v) is 7.54. The standard InChI is InChI=1S/C10H7FN4S3/c1-16-10-7(4-12)9(18-15-10)14-13-5-6-2-3-8(11)17-6/h2-3,5,14H,1H3/b13-5+. The highest BCUT2D eigenvalue weighted by molar-refractivity contribution is 7.98. The topological polar surface area (TPSA) is 61.1 Å². The third-order valence-corrected chi connectivity index (χ3v) is 4.28. The average Bonchev–Trinajstić information content (AvgIpc) is 2.95. The van der Waals surface area contributed by atoms with Gasteiger partial charge in [-0.25, -0.2) is 0 Å². The van der Waals surface area contributed by atoms with Crippen LogP contribution in [0.4, 0.5) is 9.39 Å². The Bertz CT molecular complexity index is 611. The fourth-order valence-electron chi connectivity index (χ4n) is 1.14. The minimum absolute atomic E-state index is 0.253. The second kappa shape index (κ2) is 5.95. The van der Waals surface area contributed by atoms with Gasteiger partial charge in [-0.15, -0.1) is 23.1 Å². The fraction of sp³-hybridized carbons (Fsp3) is 0.100. The van der Waals surface area contributed by atoms with E-state index in [1.54, 1.807) is 6.07 Å². The van der Waals surface area contributed by atoms with Crippen molar-refractivity contribution in [3.63, 3.8) is 0 Å². The number of rotatable bonds is 4. The Balaban J connectivity index is 2.09. The number of hydrazone groups is 1. The molecule has 4 nitrogen and oxygen atoms in total. The largest absolute Gasteiger partial charge is 0.266 e. The Hall–Kier alpha value is -1.43. The molecule has 92 valence electrons. The monoisotopic (exact) mass is 298 g/mol. The Labute approximate surface area is 115 Å². The summed E-state index contributed by atoms with van der Waals surface area (Å²) in [5.41, 5.74) is 3.24. The van der Waals surface area contributed by atoms with E-state index in [1.807, 2.05) is 6.26 Å². The number of halogens is 1. The van der Waals surface area contributed by atoms with E-state index < -0.39 is 0 Å². The van der Waals surface area contributed by atoms with Gasteiger partial charge in [-0.2, -0.15) is 19.1 Å². The van der Waals surface area contributed by atoms with Gasteiger partial charge in [0.05, 0.1) is 11.1 Å². The minimum atomic E-state index is -0.253. The van der Waals surface area contributed by atoms with Gasteiger partial charge in [0.2, 0.25) is 0 Å². The van der Waals surface area contributed by atoms with Crippen LogP contribution in [0.5, 0.6) is 0 Å². The van der Waals surface area contributed by atoms with Crippen molar-refractivity contribution in [3.05, 3.63) is 27.7 Å². The molecule has 0 saturated heterocycles. The number of aromatic nitrogens is 1. The lowest BCUT2D eigenvalue weighted by molar-refractivity contribution is 0.657. The van der Waals surface area contributed by atoms with Gasteiger partial charge in [-0.3, -0.25) is 5.43 Å². The predicted octanol–water partition coefficient (Wildman–Crippen LogP) is 3.38. The van der Waals surface area contributed by atoms with Crippen molar-refractivity contribution in [2.24, 2.45) is 5.10 Å². The van der Waals surface area contributed by atoms with Crippen LogP contribution in [0, 0.1) is 16.5 Å². The van der Waals surface area contributed by atoms with E-state index in [0.29, 0.717) is 20.5 Å². The molecule has 2 aromatic heterocycles. The Morgan fingerprint density at radius 2 is 2.44 bits per heavy atom. The third-order valence-electron chi connectivity index (χ3n) is 1.92. The third kappa shape index (κ3) is 2.87. The first-order valence-electron chi connectivity index (χ1n) is 4.72. The molecule has 2 heterocycles. The summed E-state index contributed by atoms with van der Waals surface area (Å²) < 4.78 is 16.9. The van der Waals surface area contributed by atoms with Crippen LogP contribution >= 0.6 is 34.6 Å². The van der Waals surface area contributed by atoms with Crippen molar-refractivity contribution in [3.8, 4) is 6.07 Å². The van der Waals surface area contributed by atoms with Crippen molar-refractivity contribution in [1.29, 1.82) is 5.26 Å². The Morgan fingerprint density at radius 1 is 1.61 bits per heavy atom. The number of hydrogen-bond donors (Lipinski definition) is 1. The van der Waals surface area contributed by atoms with Gasteiger partial charge < -0.3 is 0 Å². The molecule has 0 aliphatic heterocycles. The minimum Gasteiger partial charge on any atom is -0.266 e. The van der Waals surface area contributed by atoms with Crippen LogP contribution < -0.4 is 5.43 Å². The van der Waals surface area contributed by atoms with E-state index in [1.165, 1.54) is 35.6 Å². The molecule has 0 aliphatic carbocycles. The molecule has 1 N–H and O–H groups in total. The van der Waals surface area contributed by atoms with Crippen LogP contribution in [0.25, 0.3) is 0 Å². The summed E-state index contributed by atoms with van der Waals surface area (Å²) in [7, 11) is 0. The van der Waals surface area contributed by atoms with Gasteiger partial charge in [0, 0.05) is 0 Å². The van der Waals surface area contributed by atoms with E-state index >= 15 is 0 Å². The van der Waals surface area contributed by atoms with Crippen molar-refractivity contribution >= 4 is 45.8 Å². The molecule has 0 fully saturated rings. The first kappa shape index (κ1) is 13.0. The number of thiophene rings is 1. The molecule has 18 heavy (non-hydrogen) atoms. The van der Waals surface area contributed by atoms with Crippen molar-refractivity contribution < 1.29 is 4.39 Å². The van der Waals surface area contributed by atoms with Crippen LogP contribution in [0.1, 0.15) is 10.4 Å². The summed E-state index contributed by atoms with van der Waals surface area (Å²) in [6, 6.07) is 5.10. The number of anilines is 1. The van der Waals surface area contributed by atoms with E-state index in [9.17, 15) is 4.39 Å². The number of nitrogens with zero attached hydrogens (tertiary/aromatic N) is 3. The van der Waals surface area contributed by atoms with Crippen LogP contribution in [-0.2, 0) is 0 Å². The molecule has 0 aromatic carbocycles. The maximum atomic E-state index is 12.7. The first-order chi connectivity index (χ1) is 8.74. The molecule has 0 unspecified atom stereocenters. The predicted molar refractivity (Wildman–Crippen MR) is 74.1 cm³/mol. The lowest BCUT2D eigenvalue weighted by Crippen LogP contribution is -1.89. The van der Waals surface area contributed by atoms with Crippen LogP contribution in [0.15, 0.2) is 22.3 Å². The maximum Gasteiger partial charge on any atom is 0.177 e. The molecule has 0 aliphatic rings. The normalized spacial score (nSPS) is 10.7. The zero-order chi connectivity index (χ0) is 13.0. The zero-order valence-corrected chi connectivity index (χ0v) is 11.6. The average molecular weight is 298 g/mol. The Morgan fingerprint density at radius 3 is 3.06 bits per heavy atom. The van der Waals surface area contributed by atoms with Gasteiger partial charge >= 0.3 is 0 Å². The second-order valence-corrected chi connectivity index (χ2v) is 5.65. The van der Waals surface area contributed by atoms with Gasteiger partial charge in [0.15, 0.2) is 5.13 Å². The van der Waals surface area contributed by atoms with Crippen LogP contribution in [0.2, 0.25) is 0 Å². The zero-order valence-electron chi connectivity index (χ0n) is 9.18. The smallest absolute Gasteiger partial charge is 0.177 e. The molecule has 2 aromatic rings. The molecular formula is C10H7FN4S3. The van der Waals surface area contributed by atoms with E-state index in [-0.39, 0.29) is 5.13 Å². The second-order valence-electron chi connectivity index (χ2n) is 3.02. The van der Waals surface area contributed by atoms with Gasteiger partial charge in [-0.05, 0) is 29.9 Å². The van der Waals surface area contributed by atoms with Gasteiger partial charge in [0.25, 0.3) is 0 Å². The number of nitrogens with one attached hydrogen (secondary N) is 1. The van der Waals surface area contributed by atoms with Gasteiger partial charge in [-0.1, -0.05) is 0 Å². The Kier molecular flexibility index (Phi) is 4.30. The summed E-state index contributed by atoms with van der Waals surface area (Å²) in [5.74, 6) is 0. The SMILES string of the molecule is CSc1nsc(N/N=C/c2ccc(F)s2)c1C#N. The van der Waals surface area contributed by atoms with Crippen molar-refractivity contribution in [2.75, 3.05) is 11.7 Å². The molecule has 0 radical (unpaired) electrons. The van der Waals surface area contributed by atoms with Crippen molar-refractivity contribution in [2.45, 2.75) is 5.03 Å². The molecule has 0 spiro atoms. The summed E-state index contributed by atoms with van der Waals surface area (Å²) >= 11 is 3.59. The highest BCUT2D eigenvalue weighted by Gasteiger charge is 2.11. The van der Waals surface area contributed by atoms with E-state index in [4.69, 9.17) is 5.26 Å². The number of hydrogen-bond acceptors (Lipinski definition) is 7. The van der Waals surface area contributed by atoms with Crippen LogP contribution in [0.3, 0.4) is 0 Å². The summed E-state index contributed by atoms with van der Waals surface area (Å²) in [6.45, 7) is 0. The molecule has 0 atom stereocenters. The lowest BCUT2D eigenvalue weighted by atomic mass is 10.4. The highest BCUT2D eigenvalue weighted by atomic mass is 32.2. The summed E-state index contributed by atoms with van der Waals surface area (Å²) in [5, 5.41) is 14.0. The molecule has 0 amide bonds. The fourth-order valence-corrected chi connectivity index (χ4v) is 3.16. The molecule has 8 heteroatoms. The van der Waals surface area contributed by atoms with Gasteiger partial charge in [0.1, 0.15) is 21.7 Å². The van der Waals surface area contributed by atoms with Crippen molar-refractivity contribution in [1.82, 2.24) is 4.37 Å². The number of nitriles is 1. The molecule has 0 saturated carbocycles. The lowest BCUT2D eigenvalue weighted by Gasteiger charge is -1.94. The molecular weight excluding hydrogens is 291 g/mol. The van der Waals surface area contributed by atoms with E-state index in [2.05, 4.69) is 21.0 Å². The summed E-state index contributed by atoms with van der Waals surface area (Å²) in [6.07, 6.45) is 3.37. The maximum absolute atomic E-state index is 12.7. The quantitative estimate of drug-likeness (QED) is 0.534. The highest BCUT2D eigenvalue weighted by Crippen LogP contribution is 2.29. The van der Waals surface area contributed by atoms with Crippen LogP contribution in [-0.4, -0.2) is 16.8 Å². The summed E-state index contributed by atoms with van der Waals surface area (Å²) in [4.78, 5) is 0.702. The number of thioether (sulfide) groups is 1. The molecule has 0 bridgehead atoms.